The predicted octanol–water partition coefficient (Wildman–Crippen LogP) is 6.23. The highest BCUT2D eigenvalue weighted by Crippen LogP contribution is 2.28. The molecule has 2 amide bonds. The number of para-hydroxylation sites is 1. The van der Waals surface area contributed by atoms with Crippen molar-refractivity contribution in [1.29, 1.82) is 0 Å². The second kappa shape index (κ2) is 14.1. The van der Waals surface area contributed by atoms with Crippen LogP contribution in [0.15, 0.2) is 114 Å². The Labute approximate surface area is 263 Å². The van der Waals surface area contributed by atoms with Gasteiger partial charge in [0.1, 0.15) is 18.4 Å². The van der Waals surface area contributed by atoms with Crippen LogP contribution in [0.1, 0.15) is 31.9 Å². The highest BCUT2D eigenvalue weighted by Gasteiger charge is 2.36. The minimum absolute atomic E-state index is 0.0932. The Hall–Kier alpha value is -4.21. The average Bonchev–Trinajstić information content (AvgIpc) is 2.99. The van der Waals surface area contributed by atoms with Crippen molar-refractivity contribution in [2.24, 2.45) is 0 Å². The summed E-state index contributed by atoms with van der Waals surface area (Å²) >= 11 is 6.50. The second-order valence-electron chi connectivity index (χ2n) is 11.3. The zero-order chi connectivity index (χ0) is 31.9. The largest absolute Gasteiger partial charge is 0.350 e. The molecular formula is C34H35ClFN3O4S. The number of halogens is 2. The molecule has 0 saturated carbocycles. The molecule has 0 aromatic heterocycles. The lowest BCUT2D eigenvalue weighted by Crippen LogP contribution is -2.56. The molecule has 0 spiro atoms. The lowest BCUT2D eigenvalue weighted by atomic mass is 10.0. The first-order valence-corrected chi connectivity index (χ1v) is 15.9. The van der Waals surface area contributed by atoms with Crippen molar-refractivity contribution in [1.82, 2.24) is 10.2 Å². The summed E-state index contributed by atoms with van der Waals surface area (Å²) in [6, 6.07) is 27.9. The Kier molecular flexibility index (Phi) is 10.4. The van der Waals surface area contributed by atoms with Gasteiger partial charge in [0.25, 0.3) is 10.0 Å². The Morgan fingerprint density at radius 1 is 0.841 bits per heavy atom. The number of benzene rings is 4. The maximum Gasteiger partial charge on any atom is 0.264 e. The van der Waals surface area contributed by atoms with Gasteiger partial charge in [0.05, 0.1) is 10.6 Å². The van der Waals surface area contributed by atoms with Crippen molar-refractivity contribution < 1.29 is 22.4 Å². The van der Waals surface area contributed by atoms with Crippen molar-refractivity contribution in [2.75, 3.05) is 10.8 Å². The zero-order valence-electron chi connectivity index (χ0n) is 24.8. The van der Waals surface area contributed by atoms with Crippen molar-refractivity contribution >= 4 is 39.1 Å². The average molecular weight is 636 g/mol. The second-order valence-corrected chi connectivity index (χ2v) is 13.6. The molecule has 44 heavy (non-hydrogen) atoms. The van der Waals surface area contributed by atoms with Crippen molar-refractivity contribution in [3.8, 4) is 0 Å². The highest BCUT2D eigenvalue weighted by atomic mass is 35.5. The Balaban J connectivity index is 1.83. The van der Waals surface area contributed by atoms with Crippen LogP contribution < -0.4 is 9.62 Å². The molecule has 1 N–H and O–H groups in total. The van der Waals surface area contributed by atoms with E-state index in [1.807, 2.05) is 51.1 Å². The molecule has 0 fully saturated rings. The molecule has 1 atom stereocenters. The van der Waals surface area contributed by atoms with Gasteiger partial charge in [-0.3, -0.25) is 13.9 Å². The molecule has 4 rings (SSSR count). The lowest BCUT2D eigenvalue weighted by Gasteiger charge is -2.35. The number of rotatable bonds is 11. The van der Waals surface area contributed by atoms with Crippen LogP contribution >= 0.6 is 11.6 Å². The fourth-order valence-corrected chi connectivity index (χ4v) is 6.34. The molecule has 10 heteroatoms. The normalized spacial score (nSPS) is 12.3. The van der Waals surface area contributed by atoms with Crippen LogP contribution in [-0.2, 0) is 32.6 Å². The van der Waals surface area contributed by atoms with E-state index in [0.29, 0.717) is 10.6 Å². The summed E-state index contributed by atoms with van der Waals surface area (Å²) in [5.74, 6) is -1.95. The molecule has 0 aliphatic rings. The third-order valence-electron chi connectivity index (χ3n) is 6.80. The van der Waals surface area contributed by atoms with Crippen molar-refractivity contribution in [3.63, 3.8) is 0 Å². The highest BCUT2D eigenvalue weighted by molar-refractivity contribution is 7.92. The maximum absolute atomic E-state index is 15.2. The molecule has 0 saturated heterocycles. The molecule has 1 unspecified atom stereocenters. The van der Waals surface area contributed by atoms with Gasteiger partial charge in [0.2, 0.25) is 11.8 Å². The van der Waals surface area contributed by atoms with E-state index in [1.54, 1.807) is 42.5 Å². The SMILES string of the molecule is CC(C)(C)NC(=O)C(Cc1ccccc1)N(Cc1ccccc1Cl)C(=O)CN(c1ccccc1F)S(=O)(=O)c1ccccc1. The summed E-state index contributed by atoms with van der Waals surface area (Å²) in [4.78, 5) is 29.5. The summed E-state index contributed by atoms with van der Waals surface area (Å²) in [6.07, 6.45) is 0.143. The van der Waals surface area contributed by atoms with Gasteiger partial charge >= 0.3 is 0 Å². The number of carbonyl (C=O) groups excluding carboxylic acids is 2. The number of amides is 2. The number of hydrogen-bond acceptors (Lipinski definition) is 4. The molecular weight excluding hydrogens is 601 g/mol. The molecule has 7 nitrogen and oxygen atoms in total. The smallest absolute Gasteiger partial charge is 0.264 e. The van der Waals surface area contributed by atoms with E-state index in [4.69, 9.17) is 11.6 Å². The summed E-state index contributed by atoms with van der Waals surface area (Å²) < 4.78 is 43.8. The fraction of sp³-hybridized carbons (Fsp3) is 0.235. The maximum atomic E-state index is 15.2. The molecule has 230 valence electrons. The number of sulfonamides is 1. The summed E-state index contributed by atoms with van der Waals surface area (Å²) in [7, 11) is -4.40. The lowest BCUT2D eigenvalue weighted by molar-refractivity contribution is -0.140. The van der Waals surface area contributed by atoms with E-state index >= 15 is 4.39 Å². The van der Waals surface area contributed by atoms with Gasteiger partial charge in [-0.2, -0.15) is 0 Å². The zero-order valence-corrected chi connectivity index (χ0v) is 26.4. The van der Waals surface area contributed by atoms with Gasteiger partial charge in [0.15, 0.2) is 0 Å². The predicted molar refractivity (Wildman–Crippen MR) is 171 cm³/mol. The topological polar surface area (TPSA) is 86.8 Å². The van der Waals surface area contributed by atoms with Gasteiger partial charge < -0.3 is 10.2 Å². The molecule has 0 aliphatic heterocycles. The first-order valence-electron chi connectivity index (χ1n) is 14.1. The van der Waals surface area contributed by atoms with Gasteiger partial charge in [0, 0.05) is 23.5 Å². The standard InChI is InChI=1S/C34H35ClFN3O4S/c1-34(2,3)37-33(41)31(22-25-14-6-4-7-15-25)38(23-26-16-10-11-19-28(26)35)32(40)24-39(30-21-13-12-20-29(30)36)44(42,43)27-17-8-5-9-18-27/h4-21,31H,22-24H2,1-3H3,(H,37,41). The van der Waals surface area contributed by atoms with Crippen LogP contribution in [0.5, 0.6) is 0 Å². The fourth-order valence-electron chi connectivity index (χ4n) is 4.70. The number of hydrogen-bond donors (Lipinski definition) is 1. The number of anilines is 1. The van der Waals surface area contributed by atoms with E-state index in [2.05, 4.69) is 5.32 Å². The third-order valence-corrected chi connectivity index (χ3v) is 8.94. The first-order chi connectivity index (χ1) is 20.9. The van der Waals surface area contributed by atoms with Gasteiger partial charge in [-0.05, 0) is 62.2 Å². The minimum Gasteiger partial charge on any atom is -0.350 e. The number of nitrogens with one attached hydrogen (secondary N) is 1. The molecule has 0 radical (unpaired) electrons. The van der Waals surface area contributed by atoms with Crippen molar-refractivity contribution in [3.05, 3.63) is 131 Å². The van der Waals surface area contributed by atoms with Gasteiger partial charge in [-0.1, -0.05) is 90.5 Å². The van der Waals surface area contributed by atoms with E-state index < -0.39 is 45.8 Å². The van der Waals surface area contributed by atoms with Crippen LogP contribution in [0.4, 0.5) is 10.1 Å². The number of carbonyl (C=O) groups is 2. The van der Waals surface area contributed by atoms with E-state index in [9.17, 15) is 18.0 Å². The Morgan fingerprint density at radius 2 is 1.41 bits per heavy atom. The Bertz CT molecular complexity index is 1700. The van der Waals surface area contributed by atoms with E-state index in [-0.39, 0.29) is 23.5 Å². The molecule has 4 aromatic rings. The first kappa shape index (κ1) is 32.7. The van der Waals surface area contributed by atoms with Gasteiger partial charge in [-0.25, -0.2) is 12.8 Å². The minimum atomic E-state index is -4.40. The Morgan fingerprint density at radius 3 is 2.02 bits per heavy atom. The van der Waals surface area contributed by atoms with Crippen molar-refractivity contribution in [2.45, 2.75) is 50.2 Å². The third kappa shape index (κ3) is 8.24. The van der Waals surface area contributed by atoms with Crippen LogP contribution in [0.25, 0.3) is 0 Å². The van der Waals surface area contributed by atoms with E-state index in [1.165, 1.54) is 35.2 Å². The van der Waals surface area contributed by atoms with Crippen LogP contribution in [0, 0.1) is 5.82 Å². The molecule has 0 heterocycles. The van der Waals surface area contributed by atoms with Crippen LogP contribution in [0.2, 0.25) is 5.02 Å². The molecule has 4 aromatic carbocycles. The summed E-state index contributed by atoms with van der Waals surface area (Å²) in [6.45, 7) is 4.63. The monoisotopic (exact) mass is 635 g/mol. The summed E-state index contributed by atoms with van der Waals surface area (Å²) in [5, 5.41) is 3.35. The quantitative estimate of drug-likeness (QED) is 0.212. The summed E-state index contributed by atoms with van der Waals surface area (Å²) in [5.41, 5.74) is 0.441. The number of nitrogens with zero attached hydrogens (tertiary/aromatic N) is 2. The molecule has 0 bridgehead atoms. The van der Waals surface area contributed by atoms with E-state index in [0.717, 1.165) is 15.9 Å². The van der Waals surface area contributed by atoms with Gasteiger partial charge in [-0.15, -0.1) is 0 Å². The van der Waals surface area contributed by atoms with Crippen LogP contribution in [-0.4, -0.2) is 43.3 Å². The molecule has 0 aliphatic carbocycles. The van der Waals surface area contributed by atoms with Crippen LogP contribution in [0.3, 0.4) is 0 Å².